The van der Waals surface area contributed by atoms with E-state index in [2.05, 4.69) is 41.5 Å². The fourth-order valence-corrected chi connectivity index (χ4v) is 6.15. The SMILES string of the molecule is CCCCO.CCCCO.CCCCO.CCCC[Si](O)(CCCC)CCCC.[Ti]. The fourth-order valence-electron chi connectivity index (χ4n) is 2.37. The number of aliphatic hydroxyl groups is 3. The first-order valence-corrected chi connectivity index (χ1v) is 15.0. The van der Waals surface area contributed by atoms with E-state index >= 15 is 0 Å². The number of aliphatic hydroxyl groups excluding tert-OH is 3. The van der Waals surface area contributed by atoms with Crippen LogP contribution in [0.3, 0.4) is 0 Å². The van der Waals surface area contributed by atoms with Crippen LogP contribution in [0, 0.1) is 0 Å². The van der Waals surface area contributed by atoms with Crippen LogP contribution < -0.4 is 0 Å². The third-order valence-corrected chi connectivity index (χ3v) is 8.37. The monoisotopic (exact) mass is 486 g/mol. The first-order valence-electron chi connectivity index (χ1n) is 12.5. The molecule has 0 amide bonds. The Morgan fingerprint density at radius 1 is 0.433 bits per heavy atom. The average Bonchev–Trinajstić information content (AvgIpc) is 2.73. The molecule has 4 N–H and O–H groups in total. The maximum atomic E-state index is 10.5. The molecule has 0 saturated heterocycles. The zero-order valence-corrected chi connectivity index (χ0v) is 24.1. The van der Waals surface area contributed by atoms with Crippen LogP contribution in [0.5, 0.6) is 0 Å². The summed E-state index contributed by atoms with van der Waals surface area (Å²) in [5, 5.41) is 24.2. The molecule has 0 unspecified atom stereocenters. The van der Waals surface area contributed by atoms with Gasteiger partial charge in [-0.05, 0) is 37.4 Å². The molecular weight excluding hydrogens is 428 g/mol. The largest absolute Gasteiger partial charge is 0.432 e. The van der Waals surface area contributed by atoms with Gasteiger partial charge in [-0.1, -0.05) is 99.3 Å². The second kappa shape index (κ2) is 40.2. The van der Waals surface area contributed by atoms with Crippen LogP contribution in [0.4, 0.5) is 0 Å². The summed E-state index contributed by atoms with van der Waals surface area (Å²) >= 11 is 0. The minimum atomic E-state index is -1.81. The van der Waals surface area contributed by atoms with Crippen molar-refractivity contribution in [3.8, 4) is 0 Å². The van der Waals surface area contributed by atoms with Crippen molar-refractivity contribution in [2.24, 2.45) is 0 Å². The maximum Gasteiger partial charge on any atom is 0.188 e. The van der Waals surface area contributed by atoms with Gasteiger partial charge in [-0.3, -0.25) is 0 Å². The van der Waals surface area contributed by atoms with Gasteiger partial charge < -0.3 is 20.1 Å². The molecule has 0 bridgehead atoms. The van der Waals surface area contributed by atoms with E-state index in [4.69, 9.17) is 15.3 Å². The molecule has 0 heterocycles. The minimum Gasteiger partial charge on any atom is -0.432 e. The van der Waals surface area contributed by atoms with Crippen LogP contribution in [0.25, 0.3) is 0 Å². The van der Waals surface area contributed by atoms with Crippen LogP contribution in [0.15, 0.2) is 0 Å². The van der Waals surface area contributed by atoms with Crippen molar-refractivity contribution in [3.05, 3.63) is 0 Å². The average molecular weight is 487 g/mol. The summed E-state index contributed by atoms with van der Waals surface area (Å²) in [5.74, 6) is 0. The van der Waals surface area contributed by atoms with Gasteiger partial charge in [0, 0.05) is 41.5 Å². The molecule has 0 aliphatic carbocycles. The zero-order valence-electron chi connectivity index (χ0n) is 21.5. The van der Waals surface area contributed by atoms with Crippen LogP contribution >= 0.6 is 0 Å². The second-order valence-corrected chi connectivity index (χ2v) is 11.7. The summed E-state index contributed by atoms with van der Waals surface area (Å²) in [6.07, 6.45) is 13.5. The third-order valence-electron chi connectivity index (χ3n) is 4.52. The van der Waals surface area contributed by atoms with Crippen LogP contribution in [-0.4, -0.2) is 48.3 Å². The predicted molar refractivity (Wildman–Crippen MR) is 133 cm³/mol. The Hall–Kier alpha value is 0.771. The van der Waals surface area contributed by atoms with Gasteiger partial charge >= 0.3 is 0 Å². The quantitative estimate of drug-likeness (QED) is 0.195. The Kier molecular flexibility index (Phi) is 55.0. The molecule has 6 heteroatoms. The Labute approximate surface area is 206 Å². The van der Waals surface area contributed by atoms with E-state index in [1.54, 1.807) is 0 Å². The van der Waals surface area contributed by atoms with Crippen molar-refractivity contribution in [2.75, 3.05) is 19.8 Å². The molecule has 0 spiro atoms. The summed E-state index contributed by atoms with van der Waals surface area (Å²) in [6.45, 7) is 13.8. The number of hydrogen-bond donors (Lipinski definition) is 4. The van der Waals surface area contributed by atoms with E-state index in [-0.39, 0.29) is 21.7 Å². The smallest absolute Gasteiger partial charge is 0.188 e. The summed E-state index contributed by atoms with van der Waals surface area (Å²) in [7, 11) is -1.81. The molecule has 30 heavy (non-hydrogen) atoms. The summed E-state index contributed by atoms with van der Waals surface area (Å²) in [4.78, 5) is 10.5. The van der Waals surface area contributed by atoms with Crippen molar-refractivity contribution in [3.63, 3.8) is 0 Å². The topological polar surface area (TPSA) is 80.9 Å². The van der Waals surface area contributed by atoms with Gasteiger partial charge in [0.1, 0.15) is 0 Å². The van der Waals surface area contributed by atoms with Crippen LogP contribution in [0.2, 0.25) is 18.1 Å². The molecule has 0 atom stereocenters. The number of hydrogen-bond acceptors (Lipinski definition) is 4. The van der Waals surface area contributed by atoms with E-state index in [1.165, 1.54) is 38.5 Å². The molecular formula is C24H58O4SiTi. The maximum absolute atomic E-state index is 10.5. The molecule has 0 rings (SSSR count). The molecule has 0 fully saturated rings. The molecule has 0 aromatic carbocycles. The van der Waals surface area contributed by atoms with Crippen molar-refractivity contribution in [1.82, 2.24) is 0 Å². The van der Waals surface area contributed by atoms with Gasteiger partial charge in [-0.2, -0.15) is 0 Å². The predicted octanol–water partition coefficient (Wildman–Crippen LogP) is 6.66. The van der Waals surface area contributed by atoms with E-state index in [1.807, 2.05) is 0 Å². The summed E-state index contributed by atoms with van der Waals surface area (Å²) in [5.41, 5.74) is 0. The van der Waals surface area contributed by atoms with Gasteiger partial charge in [-0.25, -0.2) is 0 Å². The van der Waals surface area contributed by atoms with E-state index in [0.29, 0.717) is 19.8 Å². The van der Waals surface area contributed by atoms with Gasteiger partial charge in [0.05, 0.1) is 0 Å². The second-order valence-electron chi connectivity index (χ2n) is 7.77. The first kappa shape index (κ1) is 41.1. The Balaban J connectivity index is -0.000000108. The summed E-state index contributed by atoms with van der Waals surface area (Å²) in [6, 6.07) is 3.43. The molecule has 0 aliphatic rings. The Morgan fingerprint density at radius 3 is 0.733 bits per heavy atom. The third kappa shape index (κ3) is 46.8. The van der Waals surface area contributed by atoms with E-state index in [0.717, 1.165) is 56.7 Å². The van der Waals surface area contributed by atoms with Gasteiger partial charge in [0.2, 0.25) is 0 Å². The number of rotatable bonds is 15. The number of unbranched alkanes of at least 4 members (excludes halogenated alkanes) is 6. The molecule has 0 saturated carbocycles. The van der Waals surface area contributed by atoms with Gasteiger partial charge in [0.15, 0.2) is 8.32 Å². The fraction of sp³-hybridized carbons (Fsp3) is 1.00. The minimum absolute atomic E-state index is 0. The van der Waals surface area contributed by atoms with Gasteiger partial charge in [-0.15, -0.1) is 0 Å². The van der Waals surface area contributed by atoms with Gasteiger partial charge in [0.25, 0.3) is 0 Å². The van der Waals surface area contributed by atoms with Crippen LogP contribution in [0.1, 0.15) is 119 Å². The zero-order chi connectivity index (χ0) is 23.2. The summed E-state index contributed by atoms with van der Waals surface area (Å²) < 4.78 is 0. The Morgan fingerprint density at radius 2 is 0.633 bits per heavy atom. The van der Waals surface area contributed by atoms with E-state index < -0.39 is 8.32 Å². The van der Waals surface area contributed by atoms with Crippen molar-refractivity contribution in [2.45, 2.75) is 137 Å². The molecule has 186 valence electrons. The Bertz CT molecular complexity index is 205. The standard InChI is InChI=1S/C12H28OSi.3C4H10O.Ti/c1-4-7-10-14(13,11-8-5-2)12-9-6-3;3*1-2-3-4-5;/h13H,4-12H2,1-3H3;3*5H,2-4H2,1H3;. The molecule has 4 nitrogen and oxygen atoms in total. The van der Waals surface area contributed by atoms with Crippen molar-refractivity contribution < 1.29 is 41.8 Å². The molecule has 0 radical (unpaired) electrons. The van der Waals surface area contributed by atoms with Crippen LogP contribution in [-0.2, 0) is 21.7 Å². The molecule has 0 aromatic rings. The molecule has 0 aromatic heterocycles. The van der Waals surface area contributed by atoms with E-state index in [9.17, 15) is 4.80 Å². The molecule has 0 aliphatic heterocycles. The first-order chi connectivity index (χ1) is 13.9. The van der Waals surface area contributed by atoms with Crippen molar-refractivity contribution >= 4 is 8.32 Å². The normalized spacial score (nSPS) is 9.80. The van der Waals surface area contributed by atoms with Crippen molar-refractivity contribution in [1.29, 1.82) is 0 Å².